The van der Waals surface area contributed by atoms with Gasteiger partial charge in [-0.2, -0.15) is 0 Å². The first-order valence-corrected chi connectivity index (χ1v) is 12.5. The van der Waals surface area contributed by atoms with Crippen LogP contribution in [0.2, 0.25) is 0 Å². The molecule has 2 bridgehead atoms. The maximum atomic E-state index is 13.3. The fourth-order valence-corrected chi connectivity index (χ4v) is 6.89. The highest BCUT2D eigenvalue weighted by Crippen LogP contribution is 2.46. The molecule has 1 saturated carbocycles. The topological polar surface area (TPSA) is 49.8 Å². The summed E-state index contributed by atoms with van der Waals surface area (Å²) in [6.07, 6.45) is 9.07. The van der Waals surface area contributed by atoms with Gasteiger partial charge in [0.25, 0.3) is 0 Å². The van der Waals surface area contributed by atoms with Gasteiger partial charge >= 0.3 is 6.09 Å². The Kier molecular flexibility index (Phi) is 5.02. The molecule has 4 nitrogen and oxygen atoms in total. The third-order valence-electron chi connectivity index (χ3n) is 8.53. The molecule has 2 unspecified atom stereocenters. The normalized spacial score (nSPS) is 29.2. The number of fused-ring (bicyclic) bond motifs is 5. The molecule has 4 aliphatic rings. The fourth-order valence-electron chi connectivity index (χ4n) is 6.89. The number of carbonyl (C=O) groups excluding carboxylic acids is 1. The van der Waals surface area contributed by atoms with Crippen LogP contribution in [0.25, 0.3) is 11.1 Å². The summed E-state index contributed by atoms with van der Waals surface area (Å²) in [6, 6.07) is 17.1. The molecule has 168 valence electrons. The van der Waals surface area contributed by atoms with Crippen LogP contribution < -0.4 is 0 Å². The number of hydrogen-bond donors (Lipinski definition) is 1. The van der Waals surface area contributed by atoms with Gasteiger partial charge < -0.3 is 14.7 Å². The number of aliphatic hydroxyl groups is 1. The van der Waals surface area contributed by atoms with Crippen LogP contribution in [0.4, 0.5) is 4.79 Å². The van der Waals surface area contributed by atoms with Crippen molar-refractivity contribution in [3.8, 4) is 11.1 Å². The Labute approximate surface area is 190 Å². The van der Waals surface area contributed by atoms with E-state index in [0.29, 0.717) is 25.4 Å². The first-order valence-electron chi connectivity index (χ1n) is 12.5. The molecule has 4 heteroatoms. The summed E-state index contributed by atoms with van der Waals surface area (Å²) < 4.78 is 6.00. The van der Waals surface area contributed by atoms with Gasteiger partial charge in [0.1, 0.15) is 6.61 Å². The van der Waals surface area contributed by atoms with E-state index in [1.54, 1.807) is 0 Å². The van der Waals surface area contributed by atoms with Gasteiger partial charge in [-0.1, -0.05) is 67.8 Å². The minimum Gasteiger partial charge on any atom is -0.448 e. The number of rotatable bonds is 4. The van der Waals surface area contributed by atoms with Gasteiger partial charge in [0.15, 0.2) is 0 Å². The van der Waals surface area contributed by atoms with E-state index >= 15 is 0 Å². The van der Waals surface area contributed by atoms with Crippen molar-refractivity contribution in [3.63, 3.8) is 0 Å². The standard InChI is InChI=1S/C28H33NO3/c30-27(29-20-9-6-10-21(29)17-28(31,16-20)15-19-7-5-8-19)32-18-26-24-13-3-1-11-22(24)23-12-2-4-14-25(23)26/h1-4,11-14,19-21,26,31H,5-10,15-18H2. The first-order chi connectivity index (χ1) is 15.6. The minimum atomic E-state index is -0.596. The quantitative estimate of drug-likeness (QED) is 0.658. The first kappa shape index (κ1) is 20.3. The zero-order valence-electron chi connectivity index (χ0n) is 18.7. The Morgan fingerprint density at radius 1 is 0.906 bits per heavy atom. The molecule has 1 N–H and O–H groups in total. The van der Waals surface area contributed by atoms with Crippen molar-refractivity contribution >= 4 is 6.09 Å². The van der Waals surface area contributed by atoms with E-state index in [0.717, 1.165) is 25.7 Å². The molecule has 32 heavy (non-hydrogen) atoms. The smallest absolute Gasteiger partial charge is 0.410 e. The fraction of sp³-hybridized carbons (Fsp3) is 0.536. The molecule has 3 fully saturated rings. The predicted molar refractivity (Wildman–Crippen MR) is 124 cm³/mol. The molecule has 2 heterocycles. The largest absolute Gasteiger partial charge is 0.448 e. The average Bonchev–Trinajstić information content (AvgIpc) is 3.08. The zero-order chi connectivity index (χ0) is 21.7. The van der Waals surface area contributed by atoms with Crippen molar-refractivity contribution in [2.75, 3.05) is 6.61 Å². The van der Waals surface area contributed by atoms with Crippen LogP contribution in [-0.2, 0) is 4.74 Å². The average molecular weight is 432 g/mol. The third kappa shape index (κ3) is 3.44. The summed E-state index contributed by atoms with van der Waals surface area (Å²) in [5, 5.41) is 11.4. The van der Waals surface area contributed by atoms with Gasteiger partial charge in [0, 0.05) is 18.0 Å². The van der Waals surface area contributed by atoms with Gasteiger partial charge in [-0.3, -0.25) is 0 Å². The van der Waals surface area contributed by atoms with E-state index < -0.39 is 5.60 Å². The second-order valence-electron chi connectivity index (χ2n) is 10.6. The predicted octanol–water partition coefficient (Wildman–Crippen LogP) is 5.87. The summed E-state index contributed by atoms with van der Waals surface area (Å²) in [6.45, 7) is 0.370. The minimum absolute atomic E-state index is 0.0894. The monoisotopic (exact) mass is 431 g/mol. The Morgan fingerprint density at radius 2 is 1.47 bits per heavy atom. The molecule has 2 aromatic carbocycles. The lowest BCUT2D eigenvalue weighted by atomic mass is 9.69. The van der Waals surface area contributed by atoms with Crippen LogP contribution in [0, 0.1) is 5.92 Å². The van der Waals surface area contributed by atoms with Crippen molar-refractivity contribution in [3.05, 3.63) is 59.7 Å². The Morgan fingerprint density at radius 3 is 2.03 bits per heavy atom. The van der Waals surface area contributed by atoms with Crippen molar-refractivity contribution in [1.29, 1.82) is 0 Å². The number of carbonyl (C=O) groups is 1. The second-order valence-corrected chi connectivity index (χ2v) is 10.6. The Bertz CT molecular complexity index is 954. The van der Waals surface area contributed by atoms with Crippen molar-refractivity contribution < 1.29 is 14.6 Å². The Balaban J connectivity index is 1.17. The maximum absolute atomic E-state index is 13.3. The molecule has 0 spiro atoms. The van der Waals surface area contributed by atoms with Crippen LogP contribution >= 0.6 is 0 Å². The highest BCUT2D eigenvalue weighted by molar-refractivity contribution is 5.79. The van der Waals surface area contributed by atoms with Crippen molar-refractivity contribution in [2.45, 2.75) is 81.4 Å². The third-order valence-corrected chi connectivity index (χ3v) is 8.53. The van der Waals surface area contributed by atoms with E-state index in [1.807, 2.05) is 4.90 Å². The van der Waals surface area contributed by atoms with Crippen LogP contribution in [0.15, 0.2) is 48.5 Å². The molecule has 6 rings (SSSR count). The summed E-state index contributed by atoms with van der Waals surface area (Å²) in [7, 11) is 0. The van der Waals surface area contributed by atoms with Crippen LogP contribution in [0.1, 0.15) is 74.8 Å². The van der Waals surface area contributed by atoms with E-state index in [1.165, 1.54) is 41.5 Å². The SMILES string of the molecule is O=C(OCC1c2ccccc2-c2ccccc21)N1C2CCCC1CC(O)(CC1CCC1)C2. The molecular formula is C28H33NO3. The molecule has 2 aliphatic carbocycles. The van der Waals surface area contributed by atoms with E-state index in [9.17, 15) is 9.90 Å². The lowest BCUT2D eigenvalue weighted by Crippen LogP contribution is -2.60. The highest BCUT2D eigenvalue weighted by Gasteiger charge is 2.49. The van der Waals surface area contributed by atoms with Gasteiger partial charge in [-0.25, -0.2) is 4.79 Å². The van der Waals surface area contributed by atoms with Crippen LogP contribution in [0.3, 0.4) is 0 Å². The number of benzene rings is 2. The van der Waals surface area contributed by atoms with Crippen molar-refractivity contribution in [2.24, 2.45) is 5.92 Å². The van der Waals surface area contributed by atoms with Gasteiger partial charge in [0.2, 0.25) is 0 Å². The van der Waals surface area contributed by atoms with Gasteiger partial charge in [-0.15, -0.1) is 0 Å². The zero-order valence-corrected chi connectivity index (χ0v) is 18.7. The molecule has 0 radical (unpaired) electrons. The number of nitrogens with zero attached hydrogens (tertiary/aromatic N) is 1. The molecule has 0 aromatic heterocycles. The van der Waals surface area contributed by atoms with Crippen LogP contribution in [0.5, 0.6) is 0 Å². The van der Waals surface area contributed by atoms with E-state index in [-0.39, 0.29) is 24.1 Å². The number of amides is 1. The summed E-state index contributed by atoms with van der Waals surface area (Å²) >= 11 is 0. The lowest BCUT2D eigenvalue weighted by molar-refractivity contribution is -0.0996. The van der Waals surface area contributed by atoms with Gasteiger partial charge in [-0.05, 0) is 66.7 Å². The molecule has 2 saturated heterocycles. The molecular weight excluding hydrogens is 398 g/mol. The van der Waals surface area contributed by atoms with E-state index in [2.05, 4.69) is 48.5 Å². The maximum Gasteiger partial charge on any atom is 0.410 e. The number of piperidine rings is 2. The highest BCUT2D eigenvalue weighted by atomic mass is 16.6. The Hall–Kier alpha value is -2.33. The molecule has 2 aromatic rings. The number of hydrogen-bond acceptors (Lipinski definition) is 3. The number of ether oxygens (including phenoxy) is 1. The molecule has 1 amide bonds. The van der Waals surface area contributed by atoms with Gasteiger partial charge in [0.05, 0.1) is 5.60 Å². The van der Waals surface area contributed by atoms with Crippen molar-refractivity contribution in [1.82, 2.24) is 4.90 Å². The summed E-state index contributed by atoms with van der Waals surface area (Å²) in [5.74, 6) is 0.772. The molecule has 2 aliphatic heterocycles. The molecule has 2 atom stereocenters. The lowest BCUT2D eigenvalue weighted by Gasteiger charge is -2.52. The summed E-state index contributed by atoms with van der Waals surface area (Å²) in [4.78, 5) is 15.3. The second kappa shape index (κ2) is 7.91. The summed E-state index contributed by atoms with van der Waals surface area (Å²) in [5.41, 5.74) is 4.39. The van der Waals surface area contributed by atoms with Crippen LogP contribution in [-0.4, -0.2) is 40.4 Å². The van der Waals surface area contributed by atoms with E-state index in [4.69, 9.17) is 4.74 Å².